The predicted molar refractivity (Wildman–Crippen MR) is 76.3 cm³/mol. The van der Waals surface area contributed by atoms with Crippen LogP contribution < -0.4 is 10.5 Å². The molecule has 0 radical (unpaired) electrons. The Labute approximate surface area is 117 Å². The summed E-state index contributed by atoms with van der Waals surface area (Å²) in [6.07, 6.45) is 4.47. The maximum atomic E-state index is 8.81. The Bertz CT molecular complexity index is 619. The third kappa shape index (κ3) is 3.09. The lowest BCUT2D eigenvalue weighted by Crippen LogP contribution is -2.14. The van der Waals surface area contributed by atoms with Gasteiger partial charge in [-0.1, -0.05) is 18.1 Å². The number of oxime groups is 1. The van der Waals surface area contributed by atoms with E-state index in [1.165, 1.54) is 0 Å². The summed E-state index contributed by atoms with van der Waals surface area (Å²) in [4.78, 5) is 0. The fourth-order valence-electron chi connectivity index (χ4n) is 1.86. The summed E-state index contributed by atoms with van der Waals surface area (Å²) in [5, 5.41) is 16.0. The summed E-state index contributed by atoms with van der Waals surface area (Å²) >= 11 is 0. The topological polar surface area (TPSA) is 85.7 Å². The maximum absolute atomic E-state index is 8.81. The molecule has 20 heavy (non-hydrogen) atoms. The Kier molecular flexibility index (Phi) is 4.24. The van der Waals surface area contributed by atoms with E-state index in [4.69, 9.17) is 15.7 Å². The lowest BCUT2D eigenvalue weighted by Gasteiger charge is -2.09. The standard InChI is InChI=1S/C14H18N4O2/c1-3-6-18-9-11(8-16-18)20-13-7-10(2)4-5-12(13)14(15)17-19/h4-5,7-9,19H,3,6H2,1-2H3,(H2,15,17). The lowest BCUT2D eigenvalue weighted by atomic mass is 10.1. The van der Waals surface area contributed by atoms with Crippen molar-refractivity contribution in [2.75, 3.05) is 0 Å². The molecule has 6 nitrogen and oxygen atoms in total. The summed E-state index contributed by atoms with van der Waals surface area (Å²) in [6.45, 7) is 4.87. The number of amidine groups is 1. The molecule has 0 aliphatic carbocycles. The first kappa shape index (κ1) is 13.9. The zero-order valence-corrected chi connectivity index (χ0v) is 11.6. The highest BCUT2D eigenvalue weighted by atomic mass is 16.5. The number of rotatable bonds is 5. The molecule has 1 heterocycles. The second-order valence-corrected chi connectivity index (χ2v) is 4.53. The molecule has 0 fully saturated rings. The number of hydrogen-bond acceptors (Lipinski definition) is 4. The Hall–Kier alpha value is -2.50. The molecule has 0 unspecified atom stereocenters. The van der Waals surface area contributed by atoms with Crippen LogP contribution in [0.15, 0.2) is 35.7 Å². The van der Waals surface area contributed by atoms with E-state index in [2.05, 4.69) is 17.2 Å². The number of aryl methyl sites for hydroxylation is 2. The van der Waals surface area contributed by atoms with Crippen LogP contribution in [0.3, 0.4) is 0 Å². The van der Waals surface area contributed by atoms with Crippen LogP contribution in [-0.2, 0) is 6.54 Å². The summed E-state index contributed by atoms with van der Waals surface area (Å²) in [5.74, 6) is 1.17. The third-order valence-electron chi connectivity index (χ3n) is 2.81. The Morgan fingerprint density at radius 1 is 1.50 bits per heavy atom. The quantitative estimate of drug-likeness (QED) is 0.379. The molecule has 1 aromatic heterocycles. The van der Waals surface area contributed by atoms with E-state index in [9.17, 15) is 0 Å². The number of benzene rings is 1. The van der Waals surface area contributed by atoms with Crippen molar-refractivity contribution in [2.45, 2.75) is 26.8 Å². The van der Waals surface area contributed by atoms with E-state index in [-0.39, 0.29) is 5.84 Å². The van der Waals surface area contributed by atoms with Gasteiger partial charge in [0, 0.05) is 6.54 Å². The minimum atomic E-state index is 0.0148. The number of hydrogen-bond donors (Lipinski definition) is 2. The molecular weight excluding hydrogens is 256 g/mol. The van der Waals surface area contributed by atoms with E-state index in [1.54, 1.807) is 12.3 Å². The van der Waals surface area contributed by atoms with Crippen LogP contribution in [0.25, 0.3) is 0 Å². The van der Waals surface area contributed by atoms with Crippen LogP contribution in [0.2, 0.25) is 0 Å². The zero-order valence-electron chi connectivity index (χ0n) is 11.6. The largest absolute Gasteiger partial charge is 0.453 e. The van der Waals surface area contributed by atoms with Crippen molar-refractivity contribution in [1.82, 2.24) is 9.78 Å². The highest BCUT2D eigenvalue weighted by Gasteiger charge is 2.10. The summed E-state index contributed by atoms with van der Waals surface area (Å²) in [7, 11) is 0. The number of nitrogens with zero attached hydrogens (tertiary/aromatic N) is 3. The monoisotopic (exact) mass is 274 g/mol. The Morgan fingerprint density at radius 2 is 2.30 bits per heavy atom. The van der Waals surface area contributed by atoms with Crippen LogP contribution >= 0.6 is 0 Å². The molecule has 0 saturated heterocycles. The Morgan fingerprint density at radius 3 is 3.00 bits per heavy atom. The van der Waals surface area contributed by atoms with Crippen molar-refractivity contribution < 1.29 is 9.94 Å². The second kappa shape index (κ2) is 6.10. The molecule has 6 heteroatoms. The van der Waals surface area contributed by atoms with E-state index in [1.807, 2.05) is 29.9 Å². The molecule has 0 amide bonds. The maximum Gasteiger partial charge on any atom is 0.173 e. The van der Waals surface area contributed by atoms with Gasteiger partial charge < -0.3 is 15.7 Å². The smallest absolute Gasteiger partial charge is 0.173 e. The SMILES string of the molecule is CCCn1cc(Oc2cc(C)ccc2/C(N)=N/O)cn1. The molecule has 0 bridgehead atoms. The van der Waals surface area contributed by atoms with Crippen LogP contribution in [0, 0.1) is 6.92 Å². The average molecular weight is 274 g/mol. The van der Waals surface area contributed by atoms with Gasteiger partial charge in [-0.25, -0.2) is 0 Å². The molecule has 2 aromatic rings. The van der Waals surface area contributed by atoms with Gasteiger partial charge in [0.15, 0.2) is 11.6 Å². The van der Waals surface area contributed by atoms with Gasteiger partial charge in [-0.05, 0) is 31.0 Å². The average Bonchev–Trinajstić information content (AvgIpc) is 2.86. The zero-order chi connectivity index (χ0) is 14.5. The normalized spacial score (nSPS) is 11.6. The molecular formula is C14H18N4O2. The molecule has 0 saturated carbocycles. The lowest BCUT2D eigenvalue weighted by molar-refractivity contribution is 0.318. The molecule has 106 valence electrons. The van der Waals surface area contributed by atoms with Crippen LogP contribution in [0.5, 0.6) is 11.5 Å². The minimum absolute atomic E-state index is 0.0148. The van der Waals surface area contributed by atoms with Crippen molar-refractivity contribution >= 4 is 5.84 Å². The minimum Gasteiger partial charge on any atom is -0.453 e. The molecule has 0 aliphatic heterocycles. The van der Waals surface area contributed by atoms with E-state index in [0.29, 0.717) is 17.1 Å². The molecule has 0 atom stereocenters. The van der Waals surface area contributed by atoms with Crippen molar-refractivity contribution in [1.29, 1.82) is 0 Å². The molecule has 3 N–H and O–H groups in total. The Balaban J connectivity index is 2.29. The van der Waals surface area contributed by atoms with Crippen LogP contribution in [0.1, 0.15) is 24.5 Å². The molecule has 2 rings (SSSR count). The van der Waals surface area contributed by atoms with Gasteiger partial charge in [0.2, 0.25) is 0 Å². The van der Waals surface area contributed by atoms with Crippen molar-refractivity contribution in [3.05, 3.63) is 41.7 Å². The van der Waals surface area contributed by atoms with Crippen LogP contribution in [0.4, 0.5) is 0 Å². The fraction of sp³-hybridized carbons (Fsp3) is 0.286. The van der Waals surface area contributed by atoms with Crippen molar-refractivity contribution in [3.8, 4) is 11.5 Å². The fourth-order valence-corrected chi connectivity index (χ4v) is 1.86. The first-order valence-corrected chi connectivity index (χ1v) is 6.43. The number of aromatic nitrogens is 2. The predicted octanol–water partition coefficient (Wildman–Crippen LogP) is 2.49. The van der Waals surface area contributed by atoms with E-state index in [0.717, 1.165) is 18.5 Å². The molecule has 0 aliphatic rings. The summed E-state index contributed by atoms with van der Waals surface area (Å²) in [5.41, 5.74) is 7.22. The van der Waals surface area contributed by atoms with E-state index >= 15 is 0 Å². The van der Waals surface area contributed by atoms with Gasteiger partial charge >= 0.3 is 0 Å². The summed E-state index contributed by atoms with van der Waals surface area (Å²) in [6, 6.07) is 5.47. The van der Waals surface area contributed by atoms with Crippen molar-refractivity contribution in [2.24, 2.45) is 10.9 Å². The second-order valence-electron chi connectivity index (χ2n) is 4.53. The third-order valence-corrected chi connectivity index (χ3v) is 2.81. The van der Waals surface area contributed by atoms with Crippen LogP contribution in [-0.4, -0.2) is 20.8 Å². The highest BCUT2D eigenvalue weighted by Crippen LogP contribution is 2.26. The summed E-state index contributed by atoms with van der Waals surface area (Å²) < 4.78 is 7.60. The molecule has 0 spiro atoms. The first-order chi connectivity index (χ1) is 9.63. The highest BCUT2D eigenvalue weighted by molar-refractivity contribution is 5.99. The number of nitrogens with two attached hydrogens (primary N) is 1. The molecule has 1 aromatic carbocycles. The van der Waals surface area contributed by atoms with Gasteiger partial charge in [0.05, 0.1) is 18.0 Å². The van der Waals surface area contributed by atoms with Gasteiger partial charge in [-0.3, -0.25) is 4.68 Å². The van der Waals surface area contributed by atoms with Gasteiger partial charge in [0.1, 0.15) is 5.75 Å². The van der Waals surface area contributed by atoms with Gasteiger partial charge in [0.25, 0.3) is 0 Å². The van der Waals surface area contributed by atoms with E-state index < -0.39 is 0 Å². The van der Waals surface area contributed by atoms with Gasteiger partial charge in [-0.2, -0.15) is 5.10 Å². The van der Waals surface area contributed by atoms with Gasteiger partial charge in [-0.15, -0.1) is 0 Å². The number of ether oxygens (including phenoxy) is 1. The van der Waals surface area contributed by atoms with Crippen molar-refractivity contribution in [3.63, 3.8) is 0 Å². The first-order valence-electron chi connectivity index (χ1n) is 6.43.